The third kappa shape index (κ3) is 2.61. The fourth-order valence-corrected chi connectivity index (χ4v) is 2.17. The van der Waals surface area contributed by atoms with Crippen LogP contribution in [0, 0.1) is 0 Å². The third-order valence-corrected chi connectivity index (χ3v) is 3.18. The molecule has 88 valence electrons. The number of hydrogen-bond donors (Lipinski definition) is 3. The van der Waals surface area contributed by atoms with Crippen molar-refractivity contribution < 1.29 is 0 Å². The molecule has 3 N–H and O–H groups in total. The minimum Gasteiger partial charge on any atom is -0.363 e. The van der Waals surface area contributed by atoms with Gasteiger partial charge in [0.05, 0.1) is 0 Å². The van der Waals surface area contributed by atoms with Crippen LogP contribution in [-0.2, 0) is 0 Å². The van der Waals surface area contributed by atoms with E-state index in [2.05, 4.69) is 20.6 Å². The Morgan fingerprint density at radius 2 is 2.00 bits per heavy atom. The van der Waals surface area contributed by atoms with Gasteiger partial charge in [-0.05, 0) is 32.7 Å². The van der Waals surface area contributed by atoms with Crippen LogP contribution in [0.4, 0.5) is 5.82 Å². The van der Waals surface area contributed by atoms with E-state index in [1.807, 2.05) is 7.05 Å². The van der Waals surface area contributed by atoms with Gasteiger partial charge in [0.2, 0.25) is 0 Å². The summed E-state index contributed by atoms with van der Waals surface area (Å²) in [4.78, 5) is 18.1. The molecule has 5 nitrogen and oxygen atoms in total. The van der Waals surface area contributed by atoms with Crippen LogP contribution in [0.3, 0.4) is 0 Å². The summed E-state index contributed by atoms with van der Waals surface area (Å²) in [5.41, 5.74) is -0.141. The highest BCUT2D eigenvalue weighted by Gasteiger charge is 2.20. The molecule has 0 unspecified atom stereocenters. The van der Waals surface area contributed by atoms with Crippen molar-refractivity contribution in [3.05, 3.63) is 22.7 Å². The lowest BCUT2D eigenvalue weighted by atomic mass is 9.91. The molecule has 1 saturated carbocycles. The van der Waals surface area contributed by atoms with Crippen molar-refractivity contribution >= 4 is 5.82 Å². The highest BCUT2D eigenvalue weighted by molar-refractivity contribution is 5.31. The summed E-state index contributed by atoms with van der Waals surface area (Å²) < 4.78 is 0. The van der Waals surface area contributed by atoms with Crippen LogP contribution < -0.4 is 16.2 Å². The monoisotopic (exact) mass is 222 g/mol. The van der Waals surface area contributed by atoms with Gasteiger partial charge in [-0.15, -0.1) is 0 Å². The first-order valence-corrected chi connectivity index (χ1v) is 5.77. The maximum atomic E-state index is 11.4. The number of nitrogens with one attached hydrogen (secondary N) is 3. The number of anilines is 1. The van der Waals surface area contributed by atoms with E-state index in [9.17, 15) is 4.79 Å². The first-order chi connectivity index (χ1) is 7.79. The number of nitrogens with zero attached hydrogens (tertiary/aromatic N) is 1. The second kappa shape index (κ2) is 5.12. The Bertz CT molecular complexity index is 382. The second-order valence-corrected chi connectivity index (χ2v) is 4.25. The molecule has 1 heterocycles. The van der Waals surface area contributed by atoms with Crippen LogP contribution in [-0.4, -0.2) is 29.1 Å². The lowest BCUT2D eigenvalue weighted by Gasteiger charge is -2.28. The average Bonchev–Trinajstić information content (AvgIpc) is 2.33. The fraction of sp³-hybridized carbons (Fsp3) is 0.636. The molecule has 2 rings (SSSR count). The zero-order valence-corrected chi connectivity index (χ0v) is 9.49. The molecule has 1 aromatic rings. The molecule has 0 atom stereocenters. The Morgan fingerprint density at radius 1 is 1.31 bits per heavy atom. The molecule has 0 radical (unpaired) electrons. The minimum absolute atomic E-state index is 0.141. The number of H-pyrrole nitrogens is 1. The van der Waals surface area contributed by atoms with Crippen LogP contribution in [0.5, 0.6) is 0 Å². The van der Waals surface area contributed by atoms with E-state index in [1.165, 1.54) is 0 Å². The molecular weight excluding hydrogens is 204 g/mol. The molecular formula is C11H18N4O. The predicted octanol–water partition coefficient (Wildman–Crippen LogP) is 0.712. The van der Waals surface area contributed by atoms with Crippen LogP contribution >= 0.6 is 0 Å². The SMILES string of the molecule is CNC1CCC(Nc2ncc[nH]c2=O)CC1. The molecule has 0 aliphatic heterocycles. The van der Waals surface area contributed by atoms with E-state index in [4.69, 9.17) is 0 Å². The largest absolute Gasteiger partial charge is 0.363 e. The topological polar surface area (TPSA) is 69.8 Å². The molecule has 0 bridgehead atoms. The lowest BCUT2D eigenvalue weighted by Crippen LogP contribution is -2.36. The van der Waals surface area contributed by atoms with Gasteiger partial charge in [0.15, 0.2) is 5.82 Å². The molecule has 1 aliphatic rings. The molecule has 1 aromatic heterocycles. The Balaban J connectivity index is 1.92. The van der Waals surface area contributed by atoms with Gasteiger partial charge in [-0.3, -0.25) is 4.79 Å². The fourth-order valence-electron chi connectivity index (χ4n) is 2.17. The summed E-state index contributed by atoms with van der Waals surface area (Å²) in [7, 11) is 2.00. The van der Waals surface area contributed by atoms with E-state index >= 15 is 0 Å². The summed E-state index contributed by atoms with van der Waals surface area (Å²) in [6.07, 6.45) is 7.62. The normalized spacial score (nSPS) is 25.3. The average molecular weight is 222 g/mol. The highest BCUT2D eigenvalue weighted by Crippen LogP contribution is 2.20. The maximum absolute atomic E-state index is 11.4. The van der Waals surface area contributed by atoms with Crippen LogP contribution in [0.15, 0.2) is 17.2 Å². The van der Waals surface area contributed by atoms with Crippen molar-refractivity contribution in [1.29, 1.82) is 0 Å². The van der Waals surface area contributed by atoms with Crippen molar-refractivity contribution in [2.24, 2.45) is 0 Å². The van der Waals surface area contributed by atoms with Crippen molar-refractivity contribution in [3.63, 3.8) is 0 Å². The van der Waals surface area contributed by atoms with Crippen molar-refractivity contribution in [2.75, 3.05) is 12.4 Å². The Morgan fingerprint density at radius 3 is 2.62 bits per heavy atom. The van der Waals surface area contributed by atoms with E-state index in [0.29, 0.717) is 17.9 Å². The second-order valence-electron chi connectivity index (χ2n) is 4.25. The predicted molar refractivity (Wildman–Crippen MR) is 63.6 cm³/mol. The van der Waals surface area contributed by atoms with Gasteiger partial charge in [0, 0.05) is 24.5 Å². The molecule has 0 saturated heterocycles. The van der Waals surface area contributed by atoms with E-state index < -0.39 is 0 Å². The summed E-state index contributed by atoms with van der Waals surface area (Å²) in [6, 6.07) is 1.00. The smallest absolute Gasteiger partial charge is 0.290 e. The van der Waals surface area contributed by atoms with Crippen molar-refractivity contribution in [2.45, 2.75) is 37.8 Å². The van der Waals surface area contributed by atoms with Gasteiger partial charge in [-0.25, -0.2) is 4.98 Å². The number of rotatable bonds is 3. The maximum Gasteiger partial charge on any atom is 0.290 e. The van der Waals surface area contributed by atoms with Gasteiger partial charge >= 0.3 is 0 Å². The molecule has 16 heavy (non-hydrogen) atoms. The quantitative estimate of drug-likeness (QED) is 0.704. The van der Waals surface area contributed by atoms with Crippen molar-refractivity contribution in [1.82, 2.24) is 15.3 Å². The summed E-state index contributed by atoms with van der Waals surface area (Å²) in [5.74, 6) is 0.440. The van der Waals surface area contributed by atoms with Gasteiger partial charge in [-0.1, -0.05) is 0 Å². The Hall–Kier alpha value is -1.36. The van der Waals surface area contributed by atoms with Crippen LogP contribution in [0.2, 0.25) is 0 Å². The number of hydrogen-bond acceptors (Lipinski definition) is 4. The lowest BCUT2D eigenvalue weighted by molar-refractivity contribution is 0.371. The van der Waals surface area contributed by atoms with Gasteiger partial charge < -0.3 is 15.6 Å². The van der Waals surface area contributed by atoms with E-state index in [-0.39, 0.29) is 5.56 Å². The van der Waals surface area contributed by atoms with Gasteiger partial charge in [-0.2, -0.15) is 0 Å². The molecule has 5 heteroatoms. The third-order valence-electron chi connectivity index (χ3n) is 3.18. The standard InChI is InChI=1S/C11H18N4O/c1-12-8-2-4-9(5-3-8)15-10-11(16)14-7-6-13-10/h6-9,12H,2-5H2,1H3,(H,13,15)(H,14,16). The molecule has 1 aliphatic carbocycles. The molecule has 1 fully saturated rings. The first kappa shape index (κ1) is 11.1. The number of aromatic nitrogens is 2. The van der Waals surface area contributed by atoms with Crippen LogP contribution in [0.25, 0.3) is 0 Å². The van der Waals surface area contributed by atoms with E-state index in [0.717, 1.165) is 25.7 Å². The van der Waals surface area contributed by atoms with Crippen molar-refractivity contribution in [3.8, 4) is 0 Å². The van der Waals surface area contributed by atoms with Crippen LogP contribution in [0.1, 0.15) is 25.7 Å². The van der Waals surface area contributed by atoms with Gasteiger partial charge in [0.25, 0.3) is 5.56 Å². The molecule has 0 amide bonds. The number of aromatic amines is 1. The van der Waals surface area contributed by atoms with Gasteiger partial charge in [0.1, 0.15) is 0 Å². The minimum atomic E-state index is -0.141. The first-order valence-electron chi connectivity index (χ1n) is 5.77. The summed E-state index contributed by atoms with van der Waals surface area (Å²) in [6.45, 7) is 0. The Kier molecular flexibility index (Phi) is 3.56. The molecule has 0 aromatic carbocycles. The zero-order chi connectivity index (χ0) is 11.4. The zero-order valence-electron chi connectivity index (χ0n) is 9.49. The summed E-state index contributed by atoms with van der Waals surface area (Å²) in [5, 5.41) is 6.50. The highest BCUT2D eigenvalue weighted by atomic mass is 16.1. The summed E-state index contributed by atoms with van der Waals surface area (Å²) >= 11 is 0. The van der Waals surface area contributed by atoms with E-state index in [1.54, 1.807) is 12.4 Å². The Labute approximate surface area is 94.7 Å². The molecule has 0 spiro atoms.